The Balaban J connectivity index is 1.99. The highest BCUT2D eigenvalue weighted by Gasteiger charge is 2.03. The van der Waals surface area contributed by atoms with Gasteiger partial charge in [-0.05, 0) is 18.2 Å². The molecule has 0 aromatic heterocycles. The van der Waals surface area contributed by atoms with Gasteiger partial charge in [0, 0.05) is 18.2 Å². The molecule has 0 spiro atoms. The summed E-state index contributed by atoms with van der Waals surface area (Å²) in [5.41, 5.74) is 6.41. The van der Waals surface area contributed by atoms with E-state index in [1.165, 1.54) is 0 Å². The van der Waals surface area contributed by atoms with Crippen LogP contribution >= 0.6 is 0 Å². The summed E-state index contributed by atoms with van der Waals surface area (Å²) in [5, 5.41) is 0. The van der Waals surface area contributed by atoms with Gasteiger partial charge in [-0.15, -0.1) is 0 Å². The minimum atomic E-state index is 0.449. The van der Waals surface area contributed by atoms with Gasteiger partial charge < -0.3 is 19.9 Å². The van der Waals surface area contributed by atoms with Crippen LogP contribution in [0.25, 0.3) is 0 Å². The van der Waals surface area contributed by atoms with Crippen molar-refractivity contribution in [3.63, 3.8) is 0 Å². The zero-order valence-electron chi connectivity index (χ0n) is 11.5. The first-order valence-corrected chi connectivity index (χ1v) is 6.51. The Bertz CT molecular complexity index is 543. The monoisotopic (exact) mass is 273 g/mol. The zero-order valence-corrected chi connectivity index (χ0v) is 11.5. The van der Waals surface area contributed by atoms with E-state index in [1.54, 1.807) is 7.11 Å². The lowest BCUT2D eigenvalue weighted by atomic mass is 10.2. The van der Waals surface area contributed by atoms with Crippen LogP contribution in [0.2, 0.25) is 0 Å². The summed E-state index contributed by atoms with van der Waals surface area (Å²) >= 11 is 0. The minimum absolute atomic E-state index is 0.449. The van der Waals surface area contributed by atoms with Gasteiger partial charge in [0.25, 0.3) is 0 Å². The van der Waals surface area contributed by atoms with Crippen LogP contribution in [-0.2, 0) is 6.61 Å². The quantitative estimate of drug-likeness (QED) is 0.842. The molecule has 0 aliphatic carbocycles. The van der Waals surface area contributed by atoms with Crippen LogP contribution in [0.1, 0.15) is 5.56 Å². The molecule has 0 aliphatic rings. The van der Waals surface area contributed by atoms with Crippen molar-refractivity contribution in [1.29, 1.82) is 0 Å². The summed E-state index contributed by atoms with van der Waals surface area (Å²) in [7, 11) is 1.65. The second-order valence-corrected chi connectivity index (χ2v) is 4.21. The number of benzene rings is 2. The number of ether oxygens (including phenoxy) is 3. The Hall–Kier alpha value is -2.20. The molecule has 0 saturated carbocycles. The predicted molar refractivity (Wildman–Crippen MR) is 78.3 cm³/mol. The Morgan fingerprint density at radius 1 is 0.950 bits per heavy atom. The second kappa shape index (κ2) is 7.40. The number of hydrogen-bond donors (Lipinski definition) is 1. The van der Waals surface area contributed by atoms with Gasteiger partial charge in [0.05, 0.1) is 7.11 Å². The summed E-state index contributed by atoms with van der Waals surface area (Å²) < 4.78 is 16.5. The van der Waals surface area contributed by atoms with Crippen molar-refractivity contribution in [1.82, 2.24) is 0 Å². The molecule has 0 radical (unpaired) electrons. The number of para-hydroxylation sites is 1. The highest BCUT2D eigenvalue weighted by molar-refractivity contribution is 5.35. The largest absolute Gasteiger partial charge is 0.496 e. The van der Waals surface area contributed by atoms with E-state index in [2.05, 4.69) is 0 Å². The third-order valence-corrected chi connectivity index (χ3v) is 2.78. The number of methoxy groups -OCH3 is 1. The van der Waals surface area contributed by atoms with Crippen LogP contribution in [0.5, 0.6) is 17.2 Å². The van der Waals surface area contributed by atoms with Gasteiger partial charge in [0.2, 0.25) is 0 Å². The fourth-order valence-corrected chi connectivity index (χ4v) is 1.81. The van der Waals surface area contributed by atoms with Crippen molar-refractivity contribution in [2.45, 2.75) is 6.61 Å². The van der Waals surface area contributed by atoms with E-state index in [9.17, 15) is 0 Å². The molecule has 2 N–H and O–H groups in total. The van der Waals surface area contributed by atoms with Crippen molar-refractivity contribution < 1.29 is 14.2 Å². The summed E-state index contributed by atoms with van der Waals surface area (Å²) in [5.74, 6) is 2.33. The lowest BCUT2D eigenvalue weighted by molar-refractivity contribution is 0.290. The van der Waals surface area contributed by atoms with E-state index in [1.807, 2.05) is 48.5 Å². The fraction of sp³-hybridized carbons (Fsp3) is 0.250. The average Bonchev–Trinajstić information content (AvgIpc) is 2.51. The van der Waals surface area contributed by atoms with Crippen LogP contribution in [0, 0.1) is 0 Å². The Kier molecular flexibility index (Phi) is 5.26. The van der Waals surface area contributed by atoms with E-state index < -0.39 is 0 Å². The maximum atomic E-state index is 5.76. The summed E-state index contributed by atoms with van der Waals surface area (Å²) in [6.45, 7) is 1.44. The van der Waals surface area contributed by atoms with Crippen LogP contribution in [-0.4, -0.2) is 20.3 Å². The third-order valence-electron chi connectivity index (χ3n) is 2.78. The van der Waals surface area contributed by atoms with Gasteiger partial charge in [-0.25, -0.2) is 0 Å². The van der Waals surface area contributed by atoms with Crippen LogP contribution in [0.4, 0.5) is 0 Å². The molecule has 2 rings (SSSR count). The summed E-state index contributed by atoms with van der Waals surface area (Å²) in [6.07, 6.45) is 0. The van der Waals surface area contributed by atoms with E-state index in [0.29, 0.717) is 19.8 Å². The molecular formula is C16H19NO3. The van der Waals surface area contributed by atoms with E-state index in [0.717, 1.165) is 22.8 Å². The molecule has 0 aliphatic heterocycles. The number of rotatable bonds is 7. The third kappa shape index (κ3) is 3.90. The SMILES string of the molecule is COc1ccccc1COc1cccc(OCCN)c1. The molecule has 0 fully saturated rings. The van der Waals surface area contributed by atoms with Gasteiger partial charge in [-0.2, -0.15) is 0 Å². The van der Waals surface area contributed by atoms with Gasteiger partial charge in [0.1, 0.15) is 30.5 Å². The first kappa shape index (κ1) is 14.2. The molecule has 2 aromatic carbocycles. The smallest absolute Gasteiger partial charge is 0.125 e. The first-order chi connectivity index (χ1) is 9.83. The highest BCUT2D eigenvalue weighted by Crippen LogP contribution is 2.23. The van der Waals surface area contributed by atoms with E-state index in [-0.39, 0.29) is 0 Å². The topological polar surface area (TPSA) is 53.7 Å². The molecular weight excluding hydrogens is 254 g/mol. The van der Waals surface area contributed by atoms with Gasteiger partial charge >= 0.3 is 0 Å². The Morgan fingerprint density at radius 2 is 1.70 bits per heavy atom. The summed E-state index contributed by atoms with van der Waals surface area (Å²) in [6, 6.07) is 15.3. The maximum Gasteiger partial charge on any atom is 0.125 e. The van der Waals surface area contributed by atoms with E-state index >= 15 is 0 Å². The molecule has 0 unspecified atom stereocenters. The predicted octanol–water partition coefficient (Wildman–Crippen LogP) is 2.61. The van der Waals surface area contributed by atoms with Crippen molar-refractivity contribution in [3.05, 3.63) is 54.1 Å². The lowest BCUT2D eigenvalue weighted by Gasteiger charge is -2.11. The standard InChI is InChI=1S/C16H19NO3/c1-18-16-8-3-2-5-13(16)12-20-15-7-4-6-14(11-15)19-10-9-17/h2-8,11H,9-10,12,17H2,1H3. The molecule has 0 amide bonds. The highest BCUT2D eigenvalue weighted by atomic mass is 16.5. The van der Waals surface area contributed by atoms with Gasteiger partial charge in [0.15, 0.2) is 0 Å². The first-order valence-electron chi connectivity index (χ1n) is 6.51. The molecule has 4 nitrogen and oxygen atoms in total. The maximum absolute atomic E-state index is 5.76. The molecule has 2 aromatic rings. The fourth-order valence-electron chi connectivity index (χ4n) is 1.81. The number of nitrogens with two attached hydrogens (primary N) is 1. The molecule has 0 saturated heterocycles. The van der Waals surface area contributed by atoms with E-state index in [4.69, 9.17) is 19.9 Å². The lowest BCUT2D eigenvalue weighted by Crippen LogP contribution is -2.10. The second-order valence-electron chi connectivity index (χ2n) is 4.21. The van der Waals surface area contributed by atoms with Crippen molar-refractivity contribution in [3.8, 4) is 17.2 Å². The molecule has 4 heteroatoms. The molecule has 0 atom stereocenters. The van der Waals surface area contributed by atoms with Crippen LogP contribution in [0.3, 0.4) is 0 Å². The molecule has 0 heterocycles. The molecule has 0 bridgehead atoms. The number of hydrogen-bond acceptors (Lipinski definition) is 4. The van der Waals surface area contributed by atoms with Crippen LogP contribution < -0.4 is 19.9 Å². The van der Waals surface area contributed by atoms with Gasteiger partial charge in [-0.3, -0.25) is 0 Å². The zero-order chi connectivity index (χ0) is 14.2. The normalized spacial score (nSPS) is 10.1. The Labute approximate surface area is 119 Å². The molecule has 20 heavy (non-hydrogen) atoms. The van der Waals surface area contributed by atoms with Gasteiger partial charge in [-0.1, -0.05) is 24.3 Å². The average molecular weight is 273 g/mol. The summed E-state index contributed by atoms with van der Waals surface area (Å²) in [4.78, 5) is 0. The Morgan fingerprint density at radius 3 is 2.45 bits per heavy atom. The van der Waals surface area contributed by atoms with Crippen molar-refractivity contribution in [2.24, 2.45) is 5.73 Å². The van der Waals surface area contributed by atoms with Crippen LogP contribution in [0.15, 0.2) is 48.5 Å². The van der Waals surface area contributed by atoms with Crippen molar-refractivity contribution >= 4 is 0 Å². The van der Waals surface area contributed by atoms with Crippen molar-refractivity contribution in [2.75, 3.05) is 20.3 Å². The molecule has 106 valence electrons. The minimum Gasteiger partial charge on any atom is -0.496 e.